The normalized spacial score (nSPS) is 20.2. The minimum atomic E-state index is -1.40. The molecule has 0 radical (unpaired) electrons. The Hall–Kier alpha value is -4.67. The van der Waals surface area contributed by atoms with Crippen molar-refractivity contribution in [3.05, 3.63) is 65.9 Å². The van der Waals surface area contributed by atoms with Gasteiger partial charge in [-0.3, -0.25) is 19.9 Å². The minimum absolute atomic E-state index is 0.0754. The maximum Gasteiger partial charge on any atom is 0.410 e. The zero-order chi connectivity index (χ0) is 29.4. The van der Waals surface area contributed by atoms with E-state index in [4.69, 9.17) is 9.47 Å². The Morgan fingerprint density at radius 1 is 1.12 bits per heavy atom. The first-order valence-corrected chi connectivity index (χ1v) is 13.4. The third kappa shape index (κ3) is 6.08. The zero-order valence-electron chi connectivity index (χ0n) is 23.4. The number of nitrogens with zero attached hydrogens (tertiary/aromatic N) is 2. The molecule has 0 saturated carbocycles. The second-order valence-electron chi connectivity index (χ2n) is 11.4. The molecule has 2 aromatic carbocycles. The van der Waals surface area contributed by atoms with Crippen molar-refractivity contribution in [1.29, 1.82) is 0 Å². The van der Waals surface area contributed by atoms with Gasteiger partial charge in [0.15, 0.2) is 0 Å². The van der Waals surface area contributed by atoms with E-state index in [2.05, 4.69) is 20.9 Å². The first kappa shape index (κ1) is 27.9. The fourth-order valence-electron chi connectivity index (χ4n) is 5.27. The van der Waals surface area contributed by atoms with Gasteiger partial charge in [-0.15, -0.1) is 0 Å². The van der Waals surface area contributed by atoms with Gasteiger partial charge in [-0.1, -0.05) is 18.2 Å². The van der Waals surface area contributed by atoms with Crippen molar-refractivity contribution >= 4 is 40.5 Å². The van der Waals surface area contributed by atoms with Crippen molar-refractivity contribution < 1.29 is 28.7 Å². The lowest BCUT2D eigenvalue weighted by molar-refractivity contribution is -0.125. The van der Waals surface area contributed by atoms with Crippen molar-refractivity contribution in [1.82, 2.24) is 20.5 Å². The second-order valence-corrected chi connectivity index (χ2v) is 11.4. The van der Waals surface area contributed by atoms with Gasteiger partial charge in [0.1, 0.15) is 23.5 Å². The standard InChI is InChI=1S/C30H33N5O6/c1-18-13-19(23-7-5-6-8-24(23)31-18)16-40-22-11-9-21(10-12-22)32-25(36)14-20-15-35(28(39)41-29(2,3)4)17-30(20)26(37)33-27(38)34-30/h5-13,20H,14-17H2,1-4H3,(H,32,36)(H2,33,34,37,38). The number of carbonyl (C=O) groups excluding carboxylic acids is 4. The summed E-state index contributed by atoms with van der Waals surface area (Å²) in [5, 5.41) is 8.75. The highest BCUT2D eigenvalue weighted by Crippen LogP contribution is 2.34. The smallest absolute Gasteiger partial charge is 0.410 e. The molecule has 11 nitrogen and oxygen atoms in total. The number of benzene rings is 2. The number of hydrogen-bond acceptors (Lipinski definition) is 7. The number of nitrogens with one attached hydrogen (secondary N) is 3. The number of para-hydroxylation sites is 1. The van der Waals surface area contributed by atoms with Crippen LogP contribution in [0.15, 0.2) is 54.6 Å². The number of pyridine rings is 1. The number of aryl methyl sites for hydroxylation is 1. The highest BCUT2D eigenvalue weighted by Gasteiger charge is 2.58. The van der Waals surface area contributed by atoms with Crippen LogP contribution in [0.4, 0.5) is 15.3 Å². The molecule has 3 aromatic rings. The van der Waals surface area contributed by atoms with Crippen molar-refractivity contribution in [3.63, 3.8) is 0 Å². The summed E-state index contributed by atoms with van der Waals surface area (Å²) >= 11 is 0. The number of ether oxygens (including phenoxy) is 2. The van der Waals surface area contributed by atoms with Gasteiger partial charge in [0.25, 0.3) is 5.91 Å². The summed E-state index contributed by atoms with van der Waals surface area (Å²) in [5.74, 6) is -0.941. The van der Waals surface area contributed by atoms with Gasteiger partial charge >= 0.3 is 12.1 Å². The third-order valence-electron chi connectivity index (χ3n) is 7.09. The van der Waals surface area contributed by atoms with Crippen molar-refractivity contribution in [3.8, 4) is 5.75 Å². The Morgan fingerprint density at radius 3 is 2.54 bits per heavy atom. The molecule has 0 bridgehead atoms. The quantitative estimate of drug-likeness (QED) is 0.389. The van der Waals surface area contributed by atoms with E-state index in [9.17, 15) is 19.2 Å². The molecule has 41 heavy (non-hydrogen) atoms. The van der Waals surface area contributed by atoms with E-state index in [1.54, 1.807) is 45.0 Å². The monoisotopic (exact) mass is 559 g/mol. The van der Waals surface area contributed by atoms with Gasteiger partial charge in [0, 0.05) is 41.2 Å². The van der Waals surface area contributed by atoms with E-state index in [0.717, 1.165) is 22.2 Å². The van der Waals surface area contributed by atoms with E-state index in [0.29, 0.717) is 18.0 Å². The molecular weight excluding hydrogens is 526 g/mol. The molecule has 3 heterocycles. The van der Waals surface area contributed by atoms with Crippen molar-refractivity contribution in [2.45, 2.75) is 51.9 Å². The summed E-state index contributed by atoms with van der Waals surface area (Å²) in [7, 11) is 0. The maximum absolute atomic E-state index is 13.0. The second kappa shape index (κ2) is 10.7. The van der Waals surface area contributed by atoms with E-state index < -0.39 is 35.1 Å². The molecule has 1 spiro atoms. The van der Waals surface area contributed by atoms with Crippen LogP contribution in [0.3, 0.4) is 0 Å². The Morgan fingerprint density at radius 2 is 1.85 bits per heavy atom. The number of rotatable bonds is 6. The highest BCUT2D eigenvalue weighted by atomic mass is 16.6. The highest BCUT2D eigenvalue weighted by molar-refractivity contribution is 6.08. The number of likely N-dealkylation sites (tertiary alicyclic amines) is 1. The number of aromatic nitrogens is 1. The fourth-order valence-corrected chi connectivity index (χ4v) is 5.27. The molecule has 1 aromatic heterocycles. The number of hydrogen-bond donors (Lipinski definition) is 3. The first-order valence-electron chi connectivity index (χ1n) is 13.4. The molecule has 5 rings (SSSR count). The van der Waals surface area contributed by atoms with Crippen molar-refractivity contribution in [2.24, 2.45) is 5.92 Å². The summed E-state index contributed by atoms with van der Waals surface area (Å²) in [6.07, 6.45) is -0.709. The van der Waals surface area contributed by atoms with Gasteiger partial charge < -0.3 is 25.0 Å². The van der Waals surface area contributed by atoms with Gasteiger partial charge in [0.05, 0.1) is 12.1 Å². The number of anilines is 1. The molecule has 2 aliphatic heterocycles. The Labute approximate surface area is 237 Å². The molecule has 3 N–H and O–H groups in total. The van der Waals surface area contributed by atoms with E-state index in [1.807, 2.05) is 37.3 Å². The number of urea groups is 1. The number of amides is 5. The van der Waals surface area contributed by atoms with Crippen LogP contribution < -0.4 is 20.7 Å². The molecule has 0 aliphatic carbocycles. The molecular formula is C30H33N5O6. The minimum Gasteiger partial charge on any atom is -0.489 e. The average Bonchev–Trinajstić information content (AvgIpc) is 3.40. The van der Waals surface area contributed by atoms with Crippen LogP contribution in [0.2, 0.25) is 0 Å². The summed E-state index contributed by atoms with van der Waals surface area (Å²) in [4.78, 5) is 56.4. The zero-order valence-corrected chi connectivity index (χ0v) is 23.4. The van der Waals surface area contributed by atoms with E-state index >= 15 is 0 Å². The molecule has 2 fully saturated rings. The maximum atomic E-state index is 13.0. The summed E-state index contributed by atoms with van der Waals surface area (Å²) < 4.78 is 11.5. The topological polar surface area (TPSA) is 139 Å². The lowest BCUT2D eigenvalue weighted by atomic mass is 9.84. The summed E-state index contributed by atoms with van der Waals surface area (Å²) in [5.41, 5.74) is 1.26. The summed E-state index contributed by atoms with van der Waals surface area (Å²) in [6, 6.07) is 16.2. The summed E-state index contributed by atoms with van der Waals surface area (Å²) in [6.45, 7) is 7.52. The van der Waals surface area contributed by atoms with Gasteiger partial charge in [-0.05, 0) is 64.1 Å². The van der Waals surface area contributed by atoms with Crippen LogP contribution in [-0.2, 0) is 20.9 Å². The Kier molecular flexibility index (Phi) is 7.29. The van der Waals surface area contributed by atoms with E-state index in [-0.39, 0.29) is 25.4 Å². The molecule has 2 atom stereocenters. The largest absolute Gasteiger partial charge is 0.489 e. The van der Waals surface area contributed by atoms with Crippen LogP contribution in [0, 0.1) is 12.8 Å². The predicted molar refractivity (Wildman–Crippen MR) is 151 cm³/mol. The van der Waals surface area contributed by atoms with Crippen LogP contribution in [0.25, 0.3) is 10.9 Å². The van der Waals surface area contributed by atoms with Crippen LogP contribution in [0.1, 0.15) is 38.4 Å². The van der Waals surface area contributed by atoms with Gasteiger partial charge in [-0.2, -0.15) is 0 Å². The predicted octanol–water partition coefficient (Wildman–Crippen LogP) is 3.90. The first-order chi connectivity index (χ1) is 19.4. The van der Waals surface area contributed by atoms with E-state index in [1.165, 1.54) is 4.90 Å². The van der Waals surface area contributed by atoms with Crippen molar-refractivity contribution in [2.75, 3.05) is 18.4 Å². The lowest BCUT2D eigenvalue weighted by Gasteiger charge is -2.26. The third-order valence-corrected chi connectivity index (χ3v) is 7.09. The Bertz CT molecular complexity index is 1520. The molecule has 214 valence electrons. The van der Waals surface area contributed by atoms with Crippen LogP contribution >= 0.6 is 0 Å². The number of imide groups is 1. The SMILES string of the molecule is Cc1cc(COc2ccc(NC(=O)CC3CN(C(=O)OC(C)(C)C)CC34NC(=O)NC4=O)cc2)c2ccccc2n1. The molecule has 5 amide bonds. The molecule has 11 heteroatoms. The molecule has 2 aliphatic rings. The van der Waals surface area contributed by atoms with Gasteiger partial charge in [0.2, 0.25) is 5.91 Å². The lowest BCUT2D eigenvalue weighted by Crippen LogP contribution is -2.54. The number of carbonyl (C=O) groups is 4. The Balaban J connectivity index is 1.22. The molecule has 2 unspecified atom stereocenters. The van der Waals surface area contributed by atoms with Crippen LogP contribution in [-0.4, -0.2) is 58.1 Å². The number of fused-ring (bicyclic) bond motifs is 1. The fraction of sp³-hybridized carbons (Fsp3) is 0.367. The van der Waals surface area contributed by atoms with Crippen LogP contribution in [0.5, 0.6) is 5.75 Å². The molecule has 2 saturated heterocycles. The average molecular weight is 560 g/mol. The van der Waals surface area contributed by atoms with Gasteiger partial charge in [-0.25, -0.2) is 9.59 Å².